The Hall–Kier alpha value is -3.48. The standard InChI is InChI=1S/C18H14N4O3/c1-11-16(12-5-3-2-4-6-12)17-19-9-13-14(22(17)20-11)7-8-21(18(13)25)10-15(23)24/h2-9H,10H2,1H3,(H,23,24). The second-order valence-corrected chi connectivity index (χ2v) is 5.76. The maximum atomic E-state index is 12.5. The molecule has 3 aromatic heterocycles. The highest BCUT2D eigenvalue weighted by molar-refractivity contribution is 5.86. The third kappa shape index (κ3) is 2.37. The number of aromatic nitrogens is 4. The second-order valence-electron chi connectivity index (χ2n) is 5.76. The quantitative estimate of drug-likeness (QED) is 0.620. The number of carbonyl (C=O) groups is 1. The zero-order chi connectivity index (χ0) is 17.6. The number of benzene rings is 1. The molecule has 0 aliphatic carbocycles. The van der Waals surface area contributed by atoms with E-state index in [0.29, 0.717) is 16.6 Å². The van der Waals surface area contributed by atoms with E-state index in [1.165, 1.54) is 12.4 Å². The summed E-state index contributed by atoms with van der Waals surface area (Å²) in [6.45, 7) is 1.51. The molecule has 0 fully saturated rings. The molecule has 0 radical (unpaired) electrons. The van der Waals surface area contributed by atoms with Crippen molar-refractivity contribution in [3.05, 3.63) is 64.8 Å². The van der Waals surface area contributed by atoms with Crippen molar-refractivity contribution in [2.24, 2.45) is 0 Å². The Morgan fingerprint density at radius 3 is 2.68 bits per heavy atom. The van der Waals surface area contributed by atoms with Crippen LogP contribution >= 0.6 is 0 Å². The second kappa shape index (κ2) is 5.55. The molecule has 4 rings (SSSR count). The maximum absolute atomic E-state index is 12.5. The van der Waals surface area contributed by atoms with Gasteiger partial charge >= 0.3 is 5.97 Å². The summed E-state index contributed by atoms with van der Waals surface area (Å²) in [6, 6.07) is 11.5. The average Bonchev–Trinajstić information content (AvgIpc) is 2.94. The van der Waals surface area contributed by atoms with E-state index in [0.717, 1.165) is 21.4 Å². The van der Waals surface area contributed by atoms with Crippen molar-refractivity contribution < 1.29 is 9.90 Å². The van der Waals surface area contributed by atoms with Gasteiger partial charge in [0.15, 0.2) is 5.65 Å². The van der Waals surface area contributed by atoms with Gasteiger partial charge < -0.3 is 9.67 Å². The lowest BCUT2D eigenvalue weighted by Crippen LogP contribution is -2.24. The van der Waals surface area contributed by atoms with E-state index < -0.39 is 11.5 Å². The predicted octanol–water partition coefficient (Wildman–Crippen LogP) is 2.10. The van der Waals surface area contributed by atoms with Gasteiger partial charge in [0.25, 0.3) is 5.56 Å². The summed E-state index contributed by atoms with van der Waals surface area (Å²) >= 11 is 0. The smallest absolute Gasteiger partial charge is 0.323 e. The fourth-order valence-electron chi connectivity index (χ4n) is 3.03. The molecule has 0 unspecified atom stereocenters. The van der Waals surface area contributed by atoms with Crippen molar-refractivity contribution in [3.63, 3.8) is 0 Å². The lowest BCUT2D eigenvalue weighted by molar-refractivity contribution is -0.137. The Bertz CT molecular complexity index is 1180. The molecule has 1 N–H and O–H groups in total. The summed E-state index contributed by atoms with van der Waals surface area (Å²) in [5.74, 6) is -1.07. The molecule has 0 aliphatic rings. The molecule has 0 spiro atoms. The highest BCUT2D eigenvalue weighted by atomic mass is 16.4. The lowest BCUT2D eigenvalue weighted by atomic mass is 10.1. The molecule has 0 aliphatic heterocycles. The van der Waals surface area contributed by atoms with Crippen LogP contribution in [0.25, 0.3) is 27.7 Å². The highest BCUT2D eigenvalue weighted by Crippen LogP contribution is 2.28. The van der Waals surface area contributed by atoms with Gasteiger partial charge in [-0.15, -0.1) is 0 Å². The van der Waals surface area contributed by atoms with Crippen molar-refractivity contribution >= 4 is 22.5 Å². The summed E-state index contributed by atoms with van der Waals surface area (Å²) in [5.41, 5.74) is 3.58. The number of pyridine rings is 1. The van der Waals surface area contributed by atoms with Crippen LogP contribution < -0.4 is 5.56 Å². The lowest BCUT2D eigenvalue weighted by Gasteiger charge is -2.06. The van der Waals surface area contributed by atoms with Crippen LogP contribution in [0.15, 0.2) is 53.6 Å². The van der Waals surface area contributed by atoms with Gasteiger partial charge in [-0.05, 0) is 18.6 Å². The van der Waals surface area contributed by atoms with Crippen LogP contribution in [-0.4, -0.2) is 30.2 Å². The number of aryl methyl sites for hydroxylation is 1. The van der Waals surface area contributed by atoms with E-state index >= 15 is 0 Å². The minimum atomic E-state index is -1.07. The monoisotopic (exact) mass is 334 g/mol. The summed E-state index contributed by atoms with van der Waals surface area (Å²) in [4.78, 5) is 27.8. The Balaban J connectivity index is 2.02. The molecule has 124 valence electrons. The zero-order valence-corrected chi connectivity index (χ0v) is 13.4. The average molecular weight is 334 g/mol. The van der Waals surface area contributed by atoms with Crippen LogP contribution in [0.1, 0.15) is 5.69 Å². The van der Waals surface area contributed by atoms with Gasteiger partial charge in [0, 0.05) is 18.0 Å². The molecule has 0 saturated carbocycles. The first-order valence-electron chi connectivity index (χ1n) is 7.71. The van der Waals surface area contributed by atoms with Gasteiger partial charge in [-0.1, -0.05) is 30.3 Å². The van der Waals surface area contributed by atoms with E-state index in [-0.39, 0.29) is 6.54 Å². The minimum absolute atomic E-state index is 0.332. The Kier molecular flexibility index (Phi) is 3.35. The number of rotatable bonds is 3. The first-order chi connectivity index (χ1) is 12.1. The molecule has 0 atom stereocenters. The summed E-state index contributed by atoms with van der Waals surface area (Å²) in [7, 11) is 0. The van der Waals surface area contributed by atoms with E-state index in [1.807, 2.05) is 37.3 Å². The molecular weight excluding hydrogens is 320 g/mol. The van der Waals surface area contributed by atoms with Crippen LogP contribution in [0.4, 0.5) is 0 Å². The molecule has 4 aromatic rings. The molecule has 7 nitrogen and oxygen atoms in total. The number of fused-ring (bicyclic) bond motifs is 3. The SMILES string of the molecule is Cc1nn2c(ncc3c(=O)n(CC(=O)O)ccc32)c1-c1ccccc1. The normalized spacial score (nSPS) is 11.2. The largest absolute Gasteiger partial charge is 0.480 e. The van der Waals surface area contributed by atoms with Crippen molar-refractivity contribution in [1.82, 2.24) is 19.2 Å². The van der Waals surface area contributed by atoms with Crippen molar-refractivity contribution in [2.45, 2.75) is 13.5 Å². The van der Waals surface area contributed by atoms with Crippen LogP contribution in [0.5, 0.6) is 0 Å². The number of carboxylic acids is 1. The van der Waals surface area contributed by atoms with Crippen molar-refractivity contribution in [1.29, 1.82) is 0 Å². The molecule has 3 heterocycles. The molecular formula is C18H14N4O3. The van der Waals surface area contributed by atoms with Gasteiger partial charge in [-0.3, -0.25) is 9.59 Å². The Morgan fingerprint density at radius 1 is 1.20 bits per heavy atom. The molecule has 0 bridgehead atoms. The molecule has 25 heavy (non-hydrogen) atoms. The Labute approximate surface area is 141 Å². The number of nitrogens with zero attached hydrogens (tertiary/aromatic N) is 4. The van der Waals surface area contributed by atoms with Crippen LogP contribution in [0.2, 0.25) is 0 Å². The molecule has 0 amide bonds. The van der Waals surface area contributed by atoms with Crippen LogP contribution in [-0.2, 0) is 11.3 Å². The number of hydrogen-bond donors (Lipinski definition) is 1. The third-order valence-corrected chi connectivity index (χ3v) is 4.13. The maximum Gasteiger partial charge on any atom is 0.323 e. The van der Waals surface area contributed by atoms with Crippen LogP contribution in [0, 0.1) is 6.92 Å². The topological polar surface area (TPSA) is 89.5 Å². The molecule has 1 aromatic carbocycles. The minimum Gasteiger partial charge on any atom is -0.480 e. The first kappa shape index (κ1) is 15.1. The van der Waals surface area contributed by atoms with Gasteiger partial charge in [0.05, 0.1) is 16.6 Å². The van der Waals surface area contributed by atoms with Crippen molar-refractivity contribution in [2.75, 3.05) is 0 Å². The first-order valence-corrected chi connectivity index (χ1v) is 7.71. The van der Waals surface area contributed by atoms with E-state index in [9.17, 15) is 9.59 Å². The molecule has 0 saturated heterocycles. The van der Waals surface area contributed by atoms with E-state index in [1.54, 1.807) is 10.6 Å². The number of hydrogen-bond acceptors (Lipinski definition) is 4. The number of aliphatic carboxylic acids is 1. The Morgan fingerprint density at radius 2 is 1.96 bits per heavy atom. The highest BCUT2D eigenvalue weighted by Gasteiger charge is 2.16. The van der Waals surface area contributed by atoms with Crippen molar-refractivity contribution in [3.8, 4) is 11.1 Å². The summed E-state index contributed by atoms with van der Waals surface area (Å²) in [5, 5.41) is 13.8. The summed E-state index contributed by atoms with van der Waals surface area (Å²) < 4.78 is 2.78. The van der Waals surface area contributed by atoms with Gasteiger partial charge in [-0.2, -0.15) is 5.10 Å². The van der Waals surface area contributed by atoms with Gasteiger partial charge in [0.1, 0.15) is 6.54 Å². The van der Waals surface area contributed by atoms with E-state index in [4.69, 9.17) is 5.11 Å². The zero-order valence-electron chi connectivity index (χ0n) is 13.4. The van der Waals surface area contributed by atoms with Gasteiger partial charge in [-0.25, -0.2) is 9.50 Å². The third-order valence-electron chi connectivity index (χ3n) is 4.13. The predicted molar refractivity (Wildman–Crippen MR) is 92.6 cm³/mol. The van der Waals surface area contributed by atoms with E-state index in [2.05, 4.69) is 10.1 Å². The van der Waals surface area contributed by atoms with Gasteiger partial charge in [0.2, 0.25) is 0 Å². The van der Waals surface area contributed by atoms with Crippen LogP contribution in [0.3, 0.4) is 0 Å². The fraction of sp³-hybridized carbons (Fsp3) is 0.111. The molecule has 7 heteroatoms. The fourth-order valence-corrected chi connectivity index (χ4v) is 3.03. The number of carboxylic acid groups (broad SMARTS) is 1. The summed E-state index contributed by atoms with van der Waals surface area (Å²) in [6.07, 6.45) is 2.95.